The molecule has 3 N–H and O–H groups in total. The van der Waals surface area contributed by atoms with Crippen LogP contribution in [-0.4, -0.2) is 11.4 Å². The number of hydrogen-bond acceptors (Lipinski definition) is 3. The Morgan fingerprint density at radius 1 is 1.50 bits per heavy atom. The Labute approximate surface area is 82.5 Å². The third kappa shape index (κ3) is 1.30. The number of aldehydes is 1. The number of rotatable bonds is 2. The van der Waals surface area contributed by atoms with E-state index in [0.717, 1.165) is 18.4 Å². The normalized spacial score (nSPS) is 17.9. The number of benzene rings is 1. The van der Waals surface area contributed by atoms with Crippen molar-refractivity contribution in [1.82, 2.24) is 0 Å². The second-order valence-electron chi connectivity index (χ2n) is 4.02. The molecule has 14 heavy (non-hydrogen) atoms. The number of phenolic OH excluding ortho intramolecular Hbond substituents is 1. The first-order valence-corrected chi connectivity index (χ1v) is 4.65. The average molecular weight is 191 g/mol. The summed E-state index contributed by atoms with van der Waals surface area (Å²) in [5.41, 5.74) is 7.58. The molecule has 1 aliphatic carbocycles. The van der Waals surface area contributed by atoms with E-state index in [9.17, 15) is 9.90 Å². The van der Waals surface area contributed by atoms with Crippen molar-refractivity contribution in [1.29, 1.82) is 0 Å². The lowest BCUT2D eigenvalue weighted by Crippen LogP contribution is -2.19. The molecular formula is C11H13NO2. The molecule has 0 amide bonds. The van der Waals surface area contributed by atoms with E-state index in [0.29, 0.717) is 17.4 Å². The van der Waals surface area contributed by atoms with Crippen molar-refractivity contribution in [2.75, 3.05) is 0 Å². The van der Waals surface area contributed by atoms with E-state index in [2.05, 4.69) is 0 Å². The molecule has 0 heterocycles. The lowest BCUT2D eigenvalue weighted by atomic mass is 9.98. The highest BCUT2D eigenvalue weighted by molar-refractivity contribution is 5.81. The van der Waals surface area contributed by atoms with E-state index < -0.39 is 5.54 Å². The van der Waals surface area contributed by atoms with Crippen LogP contribution in [0, 0.1) is 6.92 Å². The van der Waals surface area contributed by atoms with Crippen LogP contribution in [0.4, 0.5) is 0 Å². The molecule has 0 unspecified atom stereocenters. The minimum absolute atomic E-state index is 0.0469. The van der Waals surface area contributed by atoms with Crippen molar-refractivity contribution in [3.05, 3.63) is 28.8 Å². The molecule has 0 aliphatic heterocycles. The van der Waals surface area contributed by atoms with Gasteiger partial charge in [-0.15, -0.1) is 0 Å². The molecule has 1 fully saturated rings. The van der Waals surface area contributed by atoms with Crippen LogP contribution in [0.25, 0.3) is 0 Å². The zero-order chi connectivity index (χ0) is 10.3. The van der Waals surface area contributed by atoms with Crippen molar-refractivity contribution in [2.24, 2.45) is 5.73 Å². The summed E-state index contributed by atoms with van der Waals surface area (Å²) in [4.78, 5) is 10.7. The molecule has 0 spiro atoms. The first kappa shape index (κ1) is 9.21. The molecule has 2 rings (SSSR count). The number of aryl methyl sites for hydroxylation is 1. The highest BCUT2D eigenvalue weighted by Crippen LogP contribution is 2.47. The molecule has 74 valence electrons. The first-order valence-electron chi connectivity index (χ1n) is 4.65. The lowest BCUT2D eigenvalue weighted by molar-refractivity contribution is 0.112. The van der Waals surface area contributed by atoms with E-state index in [-0.39, 0.29) is 5.75 Å². The average Bonchev–Trinajstić information content (AvgIpc) is 2.88. The van der Waals surface area contributed by atoms with Gasteiger partial charge in [0.15, 0.2) is 6.29 Å². The Balaban J connectivity index is 2.59. The number of hydrogen-bond donors (Lipinski definition) is 2. The van der Waals surface area contributed by atoms with Gasteiger partial charge in [-0.25, -0.2) is 0 Å². The number of phenols is 1. The zero-order valence-corrected chi connectivity index (χ0v) is 8.08. The smallest absolute Gasteiger partial charge is 0.153 e. The lowest BCUT2D eigenvalue weighted by Gasteiger charge is -2.13. The van der Waals surface area contributed by atoms with Crippen LogP contribution in [-0.2, 0) is 5.54 Å². The molecule has 0 aromatic heterocycles. The van der Waals surface area contributed by atoms with Crippen LogP contribution < -0.4 is 5.73 Å². The summed E-state index contributed by atoms with van der Waals surface area (Å²) in [6, 6.07) is 3.52. The maximum Gasteiger partial charge on any atom is 0.153 e. The monoisotopic (exact) mass is 191 g/mol. The predicted octanol–water partition coefficient (Wildman–Crippen LogP) is 1.46. The van der Waals surface area contributed by atoms with Crippen LogP contribution in [0.2, 0.25) is 0 Å². The minimum Gasteiger partial charge on any atom is -0.507 e. The molecule has 0 bridgehead atoms. The van der Waals surface area contributed by atoms with Gasteiger partial charge in [0.2, 0.25) is 0 Å². The number of carbonyl (C=O) groups is 1. The Kier molecular flexibility index (Phi) is 1.86. The van der Waals surface area contributed by atoms with E-state index in [1.807, 2.05) is 13.0 Å². The Bertz CT molecular complexity index is 395. The summed E-state index contributed by atoms with van der Waals surface area (Å²) < 4.78 is 0. The second-order valence-corrected chi connectivity index (χ2v) is 4.02. The Hall–Kier alpha value is -1.35. The molecule has 1 aliphatic rings. The van der Waals surface area contributed by atoms with Gasteiger partial charge in [0.05, 0.1) is 5.56 Å². The zero-order valence-electron chi connectivity index (χ0n) is 8.08. The van der Waals surface area contributed by atoms with Gasteiger partial charge in [0, 0.05) is 11.1 Å². The van der Waals surface area contributed by atoms with Crippen LogP contribution in [0.5, 0.6) is 5.75 Å². The second kappa shape index (κ2) is 2.82. The number of nitrogens with two attached hydrogens (primary N) is 1. The molecule has 3 nitrogen and oxygen atoms in total. The van der Waals surface area contributed by atoms with Gasteiger partial charge in [-0.3, -0.25) is 4.79 Å². The molecular weight excluding hydrogens is 178 g/mol. The van der Waals surface area contributed by atoms with Crippen LogP contribution in [0.3, 0.4) is 0 Å². The van der Waals surface area contributed by atoms with Gasteiger partial charge in [-0.05, 0) is 31.4 Å². The Morgan fingerprint density at radius 2 is 2.14 bits per heavy atom. The summed E-state index contributed by atoms with van der Waals surface area (Å²) in [6.45, 7) is 1.89. The van der Waals surface area contributed by atoms with E-state index in [1.54, 1.807) is 6.07 Å². The molecule has 0 atom stereocenters. The van der Waals surface area contributed by atoms with Gasteiger partial charge in [-0.1, -0.05) is 6.07 Å². The predicted molar refractivity (Wildman–Crippen MR) is 53.3 cm³/mol. The quantitative estimate of drug-likeness (QED) is 0.695. The summed E-state index contributed by atoms with van der Waals surface area (Å²) in [5.74, 6) is 0.0469. The molecule has 1 saturated carbocycles. The van der Waals surface area contributed by atoms with Crippen molar-refractivity contribution in [2.45, 2.75) is 25.3 Å². The third-order valence-electron chi connectivity index (χ3n) is 2.74. The largest absolute Gasteiger partial charge is 0.507 e. The van der Waals surface area contributed by atoms with Gasteiger partial charge < -0.3 is 10.8 Å². The summed E-state index contributed by atoms with van der Waals surface area (Å²) >= 11 is 0. The van der Waals surface area contributed by atoms with Crippen LogP contribution in [0.1, 0.15) is 34.3 Å². The third-order valence-corrected chi connectivity index (χ3v) is 2.74. The van der Waals surface area contributed by atoms with E-state index in [1.165, 1.54) is 0 Å². The highest BCUT2D eigenvalue weighted by atomic mass is 16.3. The maximum atomic E-state index is 10.7. The fraction of sp³-hybridized carbons (Fsp3) is 0.364. The highest BCUT2D eigenvalue weighted by Gasteiger charge is 2.42. The summed E-state index contributed by atoms with van der Waals surface area (Å²) in [5, 5.41) is 9.78. The van der Waals surface area contributed by atoms with Gasteiger partial charge >= 0.3 is 0 Å². The van der Waals surface area contributed by atoms with Crippen LogP contribution >= 0.6 is 0 Å². The van der Waals surface area contributed by atoms with Crippen molar-refractivity contribution in [3.63, 3.8) is 0 Å². The fourth-order valence-corrected chi connectivity index (χ4v) is 1.68. The molecule has 0 radical (unpaired) electrons. The maximum absolute atomic E-state index is 10.7. The number of aromatic hydroxyl groups is 1. The summed E-state index contributed by atoms with van der Waals surface area (Å²) in [7, 11) is 0. The van der Waals surface area contributed by atoms with Gasteiger partial charge in [-0.2, -0.15) is 0 Å². The SMILES string of the molecule is Cc1cc(C=O)c(O)c(C2(N)CC2)c1. The van der Waals surface area contributed by atoms with E-state index >= 15 is 0 Å². The van der Waals surface area contributed by atoms with Gasteiger partial charge in [0.1, 0.15) is 5.75 Å². The molecule has 0 saturated heterocycles. The van der Waals surface area contributed by atoms with Crippen molar-refractivity contribution >= 4 is 6.29 Å². The molecule has 3 heteroatoms. The van der Waals surface area contributed by atoms with Crippen molar-refractivity contribution in [3.8, 4) is 5.75 Å². The summed E-state index contributed by atoms with van der Waals surface area (Å²) in [6.07, 6.45) is 2.42. The number of carbonyl (C=O) groups excluding carboxylic acids is 1. The molecule has 1 aromatic carbocycles. The van der Waals surface area contributed by atoms with E-state index in [4.69, 9.17) is 5.73 Å². The topological polar surface area (TPSA) is 63.3 Å². The minimum atomic E-state index is -0.395. The fourth-order valence-electron chi connectivity index (χ4n) is 1.68. The van der Waals surface area contributed by atoms with Crippen molar-refractivity contribution < 1.29 is 9.90 Å². The van der Waals surface area contributed by atoms with Gasteiger partial charge in [0.25, 0.3) is 0 Å². The Morgan fingerprint density at radius 3 is 2.64 bits per heavy atom. The van der Waals surface area contributed by atoms with Crippen LogP contribution in [0.15, 0.2) is 12.1 Å². The first-order chi connectivity index (χ1) is 6.57. The standard InChI is InChI=1S/C11H13NO2/c1-7-4-8(6-13)10(14)9(5-7)11(12)2-3-11/h4-6,14H,2-3,12H2,1H3. The molecule has 1 aromatic rings.